The Hall–Kier alpha value is -1.56. The number of hydrogen-bond donors (Lipinski definition) is 1. The third kappa shape index (κ3) is 2.45. The van der Waals surface area contributed by atoms with Gasteiger partial charge in [0.25, 0.3) is 5.72 Å². The van der Waals surface area contributed by atoms with Crippen molar-refractivity contribution in [1.29, 1.82) is 0 Å². The normalized spacial score (nSPS) is 23.6. The highest BCUT2D eigenvalue weighted by Crippen LogP contribution is 2.43. The maximum absolute atomic E-state index is 13.1. The summed E-state index contributed by atoms with van der Waals surface area (Å²) in [4.78, 5) is 0. The Balaban J connectivity index is 2.40. The molecule has 0 aromatic heterocycles. The Morgan fingerprint density at radius 2 is 1.95 bits per heavy atom. The van der Waals surface area contributed by atoms with Gasteiger partial charge in [-0.2, -0.15) is 18.3 Å². The number of rotatable bonds is 3. The second kappa shape index (κ2) is 4.85. The van der Waals surface area contributed by atoms with Crippen molar-refractivity contribution in [2.45, 2.75) is 38.1 Å². The topological polar surface area (TPSA) is 35.8 Å². The Morgan fingerprint density at radius 3 is 2.47 bits per heavy atom. The number of nitrogens with zero attached hydrogens (tertiary/aromatic N) is 2. The minimum Gasteiger partial charge on any atom is -0.362 e. The van der Waals surface area contributed by atoms with Crippen LogP contribution in [0.5, 0.6) is 0 Å². The predicted octanol–water partition coefficient (Wildman–Crippen LogP) is 3.30. The zero-order valence-corrected chi connectivity index (χ0v) is 10.5. The maximum Gasteiger partial charge on any atom is 0.438 e. The predicted molar refractivity (Wildman–Crippen MR) is 66.9 cm³/mol. The molecule has 1 aliphatic heterocycles. The molecule has 0 spiro atoms. The summed E-state index contributed by atoms with van der Waals surface area (Å²) < 4.78 is 39.4. The number of hydrogen-bond acceptors (Lipinski definition) is 3. The molecule has 1 unspecified atom stereocenters. The summed E-state index contributed by atoms with van der Waals surface area (Å²) in [7, 11) is 0. The van der Waals surface area contributed by atoms with E-state index in [2.05, 4.69) is 5.10 Å². The van der Waals surface area contributed by atoms with E-state index in [1.165, 1.54) is 12.1 Å². The summed E-state index contributed by atoms with van der Waals surface area (Å²) in [6.45, 7) is 1.86. The third-order valence-corrected chi connectivity index (χ3v) is 3.04. The highest BCUT2D eigenvalue weighted by molar-refractivity contribution is 5.89. The monoisotopic (exact) mass is 272 g/mol. The quantitative estimate of drug-likeness (QED) is 0.916. The van der Waals surface area contributed by atoms with Crippen LogP contribution in [0.3, 0.4) is 0 Å². The maximum atomic E-state index is 13.1. The number of aliphatic hydroxyl groups is 1. The molecule has 0 saturated heterocycles. The molecule has 3 nitrogen and oxygen atoms in total. The summed E-state index contributed by atoms with van der Waals surface area (Å²) in [6, 6.07) is 7.91. The van der Waals surface area contributed by atoms with Crippen LogP contribution in [0.1, 0.15) is 26.2 Å². The van der Waals surface area contributed by atoms with Gasteiger partial charge >= 0.3 is 6.18 Å². The van der Waals surface area contributed by atoms with Crippen LogP contribution in [0, 0.1) is 0 Å². The average Bonchev–Trinajstić information content (AvgIpc) is 2.69. The van der Waals surface area contributed by atoms with E-state index in [9.17, 15) is 18.3 Å². The van der Waals surface area contributed by atoms with E-state index in [1.807, 2.05) is 6.92 Å². The van der Waals surface area contributed by atoms with Gasteiger partial charge in [-0.1, -0.05) is 31.5 Å². The van der Waals surface area contributed by atoms with Crippen molar-refractivity contribution < 1.29 is 18.3 Å². The largest absolute Gasteiger partial charge is 0.438 e. The fourth-order valence-electron chi connectivity index (χ4n) is 2.11. The van der Waals surface area contributed by atoms with Gasteiger partial charge < -0.3 is 5.11 Å². The lowest BCUT2D eigenvalue weighted by molar-refractivity contribution is -0.254. The second-order valence-electron chi connectivity index (χ2n) is 4.55. The molecule has 1 atom stereocenters. The van der Waals surface area contributed by atoms with Gasteiger partial charge in [0, 0.05) is 12.1 Å². The van der Waals surface area contributed by atoms with Gasteiger partial charge in [0.15, 0.2) is 0 Å². The van der Waals surface area contributed by atoms with Gasteiger partial charge in [0.05, 0.1) is 5.69 Å². The van der Waals surface area contributed by atoms with E-state index >= 15 is 0 Å². The summed E-state index contributed by atoms with van der Waals surface area (Å²) in [5.41, 5.74) is -2.35. The van der Waals surface area contributed by atoms with E-state index in [0.29, 0.717) is 23.6 Å². The number of hydrazone groups is 1. The Morgan fingerprint density at radius 1 is 1.32 bits per heavy atom. The van der Waals surface area contributed by atoms with Gasteiger partial charge in [0.2, 0.25) is 0 Å². The van der Waals surface area contributed by atoms with Crippen molar-refractivity contribution in [3.63, 3.8) is 0 Å². The Kier molecular flexibility index (Phi) is 3.54. The van der Waals surface area contributed by atoms with Crippen molar-refractivity contribution in [3.05, 3.63) is 30.3 Å². The van der Waals surface area contributed by atoms with Gasteiger partial charge in [-0.25, -0.2) is 5.01 Å². The van der Waals surface area contributed by atoms with Crippen LogP contribution in [-0.2, 0) is 0 Å². The van der Waals surface area contributed by atoms with Crippen LogP contribution in [0.2, 0.25) is 0 Å². The van der Waals surface area contributed by atoms with E-state index < -0.39 is 18.3 Å². The van der Waals surface area contributed by atoms with E-state index in [-0.39, 0.29) is 5.69 Å². The highest BCUT2D eigenvalue weighted by Gasteiger charge is 2.61. The molecule has 1 aliphatic rings. The molecular weight excluding hydrogens is 257 g/mol. The average molecular weight is 272 g/mol. The molecule has 0 radical (unpaired) electrons. The number of benzene rings is 1. The minimum atomic E-state index is -4.76. The molecule has 0 bridgehead atoms. The molecular formula is C13H15F3N2O. The molecule has 0 aliphatic carbocycles. The van der Waals surface area contributed by atoms with Gasteiger partial charge in [0.1, 0.15) is 0 Å². The second-order valence-corrected chi connectivity index (χ2v) is 4.55. The van der Waals surface area contributed by atoms with Crippen LogP contribution in [0.4, 0.5) is 18.9 Å². The van der Waals surface area contributed by atoms with Gasteiger partial charge in [-0.3, -0.25) is 0 Å². The first kappa shape index (κ1) is 13.9. The van der Waals surface area contributed by atoms with E-state index in [0.717, 1.165) is 0 Å². The lowest BCUT2D eigenvalue weighted by Gasteiger charge is -2.34. The fourth-order valence-corrected chi connectivity index (χ4v) is 2.11. The highest BCUT2D eigenvalue weighted by atomic mass is 19.4. The van der Waals surface area contributed by atoms with E-state index in [4.69, 9.17) is 0 Å². The molecule has 1 heterocycles. The van der Waals surface area contributed by atoms with Crippen LogP contribution in [-0.4, -0.2) is 22.7 Å². The molecule has 0 fully saturated rings. The summed E-state index contributed by atoms with van der Waals surface area (Å²) in [5.74, 6) is 0. The molecule has 0 amide bonds. The van der Waals surface area contributed by atoms with Crippen LogP contribution >= 0.6 is 0 Å². The lowest BCUT2D eigenvalue weighted by Crippen LogP contribution is -2.55. The van der Waals surface area contributed by atoms with Crippen LogP contribution < -0.4 is 5.01 Å². The molecule has 19 heavy (non-hydrogen) atoms. The van der Waals surface area contributed by atoms with E-state index in [1.54, 1.807) is 18.2 Å². The molecule has 1 N–H and O–H groups in total. The van der Waals surface area contributed by atoms with Gasteiger partial charge in [-0.05, 0) is 18.6 Å². The SMILES string of the molecule is CCCC1=NN(c2ccccc2)C(O)(C(F)(F)F)C1. The molecule has 104 valence electrons. The number of para-hydroxylation sites is 1. The van der Waals surface area contributed by atoms with Crippen molar-refractivity contribution in [1.82, 2.24) is 0 Å². The molecule has 2 rings (SSSR count). The van der Waals surface area contributed by atoms with Crippen molar-refractivity contribution in [2.24, 2.45) is 5.10 Å². The minimum absolute atomic E-state index is 0.230. The number of alkyl halides is 3. The molecule has 1 aromatic carbocycles. The summed E-state index contributed by atoms with van der Waals surface area (Å²) >= 11 is 0. The number of anilines is 1. The first-order valence-electron chi connectivity index (χ1n) is 6.09. The lowest BCUT2D eigenvalue weighted by atomic mass is 10.0. The number of halogens is 3. The standard InChI is InChI=1S/C13H15F3N2O/c1-2-6-10-9-12(19,13(14,15)16)18(17-10)11-7-4-3-5-8-11/h3-5,7-8,19H,2,6,9H2,1H3. The summed E-state index contributed by atoms with van der Waals surface area (Å²) in [5, 5.41) is 14.7. The zero-order valence-electron chi connectivity index (χ0n) is 10.5. The Bertz CT molecular complexity index is 473. The first-order valence-corrected chi connectivity index (χ1v) is 6.09. The smallest absolute Gasteiger partial charge is 0.362 e. The molecule has 0 saturated carbocycles. The van der Waals surface area contributed by atoms with Crippen molar-refractivity contribution in [3.8, 4) is 0 Å². The molecule has 6 heteroatoms. The van der Waals surface area contributed by atoms with Gasteiger partial charge in [-0.15, -0.1) is 0 Å². The fraction of sp³-hybridized carbons (Fsp3) is 0.462. The first-order chi connectivity index (χ1) is 8.88. The van der Waals surface area contributed by atoms with Crippen molar-refractivity contribution in [2.75, 3.05) is 5.01 Å². The Labute approximate surface area is 109 Å². The van der Waals surface area contributed by atoms with Crippen molar-refractivity contribution >= 4 is 11.4 Å². The third-order valence-electron chi connectivity index (χ3n) is 3.04. The summed E-state index contributed by atoms with van der Waals surface area (Å²) in [6.07, 6.45) is -4.13. The molecule has 1 aromatic rings. The van der Waals surface area contributed by atoms with Crippen LogP contribution in [0.25, 0.3) is 0 Å². The zero-order chi connectivity index (χ0) is 14.1. The van der Waals surface area contributed by atoms with Crippen LogP contribution in [0.15, 0.2) is 35.4 Å².